The monoisotopic (exact) mass is 508 g/mol. The van der Waals surface area contributed by atoms with Gasteiger partial charge in [-0.05, 0) is 68.3 Å². The molecule has 0 atom stereocenters. The number of anilines is 1. The number of aryl methyl sites for hydroxylation is 2. The van der Waals surface area contributed by atoms with Crippen LogP contribution in [0.15, 0.2) is 60.7 Å². The van der Waals surface area contributed by atoms with Crippen LogP contribution >= 0.6 is 24.8 Å². The molecule has 0 unspecified atom stereocenters. The zero-order valence-electron chi connectivity index (χ0n) is 20.0. The summed E-state index contributed by atoms with van der Waals surface area (Å²) in [6.45, 7) is 9.38. The van der Waals surface area contributed by atoms with Crippen molar-refractivity contribution in [1.82, 2.24) is 24.5 Å². The molecule has 0 N–H and O–H groups in total. The third-order valence-corrected chi connectivity index (χ3v) is 6.92. The van der Waals surface area contributed by atoms with Crippen LogP contribution in [0.3, 0.4) is 0 Å². The zero-order chi connectivity index (χ0) is 22.4. The van der Waals surface area contributed by atoms with Crippen molar-refractivity contribution in [3.05, 3.63) is 77.7 Å². The summed E-state index contributed by atoms with van der Waals surface area (Å²) in [5.74, 6) is 0.933. The van der Waals surface area contributed by atoms with Crippen molar-refractivity contribution in [1.29, 1.82) is 0 Å². The summed E-state index contributed by atoms with van der Waals surface area (Å²) in [7, 11) is 0. The average molecular weight is 509 g/mol. The largest absolute Gasteiger partial charge is 0.368 e. The Labute approximate surface area is 217 Å². The molecule has 4 heterocycles. The van der Waals surface area contributed by atoms with Crippen molar-refractivity contribution >= 4 is 58.0 Å². The molecule has 6 rings (SSSR count). The van der Waals surface area contributed by atoms with Crippen LogP contribution in [0.4, 0.5) is 5.69 Å². The van der Waals surface area contributed by atoms with Crippen LogP contribution in [0.5, 0.6) is 0 Å². The second kappa shape index (κ2) is 10.4. The summed E-state index contributed by atoms with van der Waals surface area (Å²) in [5.41, 5.74) is 6.95. The van der Waals surface area contributed by atoms with E-state index in [0.717, 1.165) is 61.8 Å². The molecule has 35 heavy (non-hydrogen) atoms. The molecular weight excluding hydrogens is 479 g/mol. The molecule has 2 aromatic carbocycles. The Bertz CT molecular complexity index is 1470. The lowest BCUT2D eigenvalue weighted by Crippen LogP contribution is -2.47. The van der Waals surface area contributed by atoms with E-state index >= 15 is 0 Å². The molecule has 0 bridgehead atoms. The van der Waals surface area contributed by atoms with Crippen molar-refractivity contribution in [2.24, 2.45) is 0 Å². The molecule has 6 nitrogen and oxygen atoms in total. The first kappa shape index (κ1) is 25.2. The first-order valence-corrected chi connectivity index (χ1v) is 11.7. The molecule has 0 radical (unpaired) electrons. The normalized spacial score (nSPS) is 14.3. The molecule has 3 aromatic heterocycles. The van der Waals surface area contributed by atoms with Gasteiger partial charge >= 0.3 is 0 Å². The highest BCUT2D eigenvalue weighted by molar-refractivity contribution is 5.92. The lowest BCUT2D eigenvalue weighted by molar-refractivity contribution is 0.261. The number of pyridine rings is 2. The fourth-order valence-electron chi connectivity index (χ4n) is 5.15. The van der Waals surface area contributed by atoms with E-state index in [9.17, 15) is 0 Å². The number of rotatable bonds is 4. The van der Waals surface area contributed by atoms with Gasteiger partial charge in [-0.15, -0.1) is 35.0 Å². The van der Waals surface area contributed by atoms with E-state index in [2.05, 4.69) is 92.0 Å². The predicted molar refractivity (Wildman–Crippen MR) is 149 cm³/mol. The number of benzene rings is 2. The molecule has 8 heteroatoms. The zero-order valence-corrected chi connectivity index (χ0v) is 21.6. The summed E-state index contributed by atoms with van der Waals surface area (Å²) in [4.78, 5) is 9.81. The smallest absolute Gasteiger partial charge is 0.161 e. The first-order valence-electron chi connectivity index (χ1n) is 11.7. The van der Waals surface area contributed by atoms with Gasteiger partial charge in [0.1, 0.15) is 5.82 Å². The summed E-state index contributed by atoms with van der Waals surface area (Å²) >= 11 is 0. The molecule has 1 saturated heterocycles. The molecule has 0 aliphatic carbocycles. The minimum Gasteiger partial charge on any atom is -0.368 e. The van der Waals surface area contributed by atoms with E-state index in [4.69, 9.17) is 4.98 Å². The Morgan fingerprint density at radius 3 is 2.37 bits per heavy atom. The van der Waals surface area contributed by atoms with Crippen molar-refractivity contribution in [3.8, 4) is 0 Å². The molecule has 182 valence electrons. The van der Waals surface area contributed by atoms with Crippen LogP contribution in [0.25, 0.3) is 27.5 Å². The molecule has 0 amide bonds. The van der Waals surface area contributed by atoms with Crippen LogP contribution in [-0.4, -0.2) is 57.2 Å². The Morgan fingerprint density at radius 2 is 1.54 bits per heavy atom. The lowest BCUT2D eigenvalue weighted by Gasteiger charge is -2.36. The molecule has 5 aromatic rings. The quantitative estimate of drug-likeness (QED) is 0.331. The van der Waals surface area contributed by atoms with E-state index < -0.39 is 0 Å². The molecule has 0 spiro atoms. The highest BCUT2D eigenvalue weighted by atomic mass is 35.5. The van der Waals surface area contributed by atoms with Crippen LogP contribution in [0.1, 0.15) is 17.1 Å². The third-order valence-electron chi connectivity index (χ3n) is 6.92. The number of hydrogen-bond donors (Lipinski definition) is 0. The molecule has 0 saturated carbocycles. The number of fused-ring (bicyclic) bond motifs is 4. The molecule has 1 aliphatic heterocycles. The number of halogens is 2. The highest BCUT2D eigenvalue weighted by Crippen LogP contribution is 2.27. The van der Waals surface area contributed by atoms with Crippen molar-refractivity contribution in [2.75, 3.05) is 37.6 Å². The number of hydrogen-bond acceptors (Lipinski definition) is 5. The Kier molecular flexibility index (Phi) is 7.45. The summed E-state index contributed by atoms with van der Waals surface area (Å²) in [6, 6.07) is 21.7. The maximum atomic E-state index is 4.71. The summed E-state index contributed by atoms with van der Waals surface area (Å²) in [6.07, 6.45) is 1.04. The van der Waals surface area contributed by atoms with Crippen molar-refractivity contribution in [3.63, 3.8) is 0 Å². The van der Waals surface area contributed by atoms with Gasteiger partial charge < -0.3 is 4.90 Å². The Morgan fingerprint density at radius 1 is 0.771 bits per heavy atom. The topological polar surface area (TPSA) is 49.6 Å². The fourth-order valence-corrected chi connectivity index (χ4v) is 5.15. The van der Waals surface area contributed by atoms with Gasteiger partial charge in [-0.1, -0.05) is 18.2 Å². The molecule has 1 fully saturated rings. The van der Waals surface area contributed by atoms with Gasteiger partial charge in [-0.2, -0.15) is 0 Å². The van der Waals surface area contributed by atoms with Gasteiger partial charge in [0.15, 0.2) is 5.65 Å². The van der Waals surface area contributed by atoms with E-state index in [1.54, 1.807) is 0 Å². The highest BCUT2D eigenvalue weighted by Gasteiger charge is 2.19. The summed E-state index contributed by atoms with van der Waals surface area (Å²) < 4.78 is 2.15. The van der Waals surface area contributed by atoms with E-state index in [0.29, 0.717) is 0 Å². The van der Waals surface area contributed by atoms with Crippen LogP contribution < -0.4 is 4.90 Å². The first-order chi connectivity index (χ1) is 16.2. The van der Waals surface area contributed by atoms with Crippen molar-refractivity contribution in [2.45, 2.75) is 20.3 Å². The van der Waals surface area contributed by atoms with Gasteiger partial charge in [0.25, 0.3) is 0 Å². The van der Waals surface area contributed by atoms with E-state index in [1.165, 1.54) is 27.5 Å². The van der Waals surface area contributed by atoms with Gasteiger partial charge in [-0.3, -0.25) is 14.3 Å². The standard InChI is InChI=1S/C27H28N6.2ClH/c1-19-9-10-23-24(28-19)6-4-7-25(23)32-17-15-31(16-18-32)14-13-21-5-3-8-26-22(21)11-12-27-30-29-20(2)33(26)27;;/h3-12H,13-18H2,1-2H3;2*1H. The fraction of sp³-hybridized carbons (Fsp3) is 0.296. The summed E-state index contributed by atoms with van der Waals surface area (Å²) in [5, 5.41) is 11.1. The maximum absolute atomic E-state index is 4.71. The van der Waals surface area contributed by atoms with Gasteiger partial charge in [-0.25, -0.2) is 0 Å². The third kappa shape index (κ3) is 4.66. The molecular formula is C27H30Cl2N6. The second-order valence-corrected chi connectivity index (χ2v) is 9.00. The van der Waals surface area contributed by atoms with Crippen LogP contribution in [0, 0.1) is 13.8 Å². The Hall–Kier alpha value is -2.93. The lowest BCUT2D eigenvalue weighted by atomic mass is 10.0. The molecule has 1 aliphatic rings. The van der Waals surface area contributed by atoms with Gasteiger partial charge in [0.2, 0.25) is 0 Å². The van der Waals surface area contributed by atoms with E-state index in [-0.39, 0.29) is 24.8 Å². The van der Waals surface area contributed by atoms with Gasteiger partial charge in [0.05, 0.1) is 11.0 Å². The maximum Gasteiger partial charge on any atom is 0.161 e. The van der Waals surface area contributed by atoms with E-state index in [1.807, 2.05) is 6.92 Å². The second-order valence-electron chi connectivity index (χ2n) is 9.00. The number of nitrogens with zero attached hydrogens (tertiary/aromatic N) is 6. The number of aromatic nitrogens is 4. The minimum absolute atomic E-state index is 0. The predicted octanol–water partition coefficient (Wildman–Crippen LogP) is 5.26. The number of piperazine rings is 1. The average Bonchev–Trinajstić information content (AvgIpc) is 3.23. The minimum atomic E-state index is 0. The van der Waals surface area contributed by atoms with Crippen LogP contribution in [-0.2, 0) is 6.42 Å². The van der Waals surface area contributed by atoms with Gasteiger partial charge in [0, 0.05) is 54.9 Å². The SMILES string of the molecule is Cc1ccc2c(N3CCN(CCc4cccc5c4ccc4nnc(C)n45)CC3)cccc2n1.Cl.Cl. The Balaban J connectivity index is 0.00000144. The van der Waals surface area contributed by atoms with Crippen molar-refractivity contribution < 1.29 is 0 Å². The van der Waals surface area contributed by atoms with Crippen LogP contribution in [0.2, 0.25) is 0 Å².